The van der Waals surface area contributed by atoms with E-state index in [-0.39, 0.29) is 18.0 Å². The lowest BCUT2D eigenvalue weighted by Gasteiger charge is -2.35. The molecule has 1 unspecified atom stereocenters. The van der Waals surface area contributed by atoms with Crippen LogP contribution in [0.2, 0.25) is 0 Å². The Morgan fingerprint density at radius 3 is 2.62 bits per heavy atom. The van der Waals surface area contributed by atoms with E-state index in [0.29, 0.717) is 24.0 Å². The van der Waals surface area contributed by atoms with Gasteiger partial charge in [-0.05, 0) is 12.1 Å². The summed E-state index contributed by atoms with van der Waals surface area (Å²) in [7, 11) is -4.10. The highest BCUT2D eigenvalue weighted by Gasteiger charge is 2.44. The zero-order valence-electron chi connectivity index (χ0n) is 13.8. The van der Waals surface area contributed by atoms with Crippen molar-refractivity contribution in [3.8, 4) is 0 Å². The summed E-state index contributed by atoms with van der Waals surface area (Å²) < 4.78 is 67.1. The molecule has 1 aliphatic rings. The van der Waals surface area contributed by atoms with Crippen molar-refractivity contribution in [3.05, 3.63) is 36.5 Å². The Labute approximate surface area is 149 Å². The Bertz CT molecular complexity index is 867. The van der Waals surface area contributed by atoms with E-state index in [1.165, 1.54) is 11.0 Å². The van der Waals surface area contributed by atoms with Crippen molar-refractivity contribution in [1.29, 1.82) is 0 Å². The normalized spacial score (nSPS) is 18.1. The minimum absolute atomic E-state index is 0.155. The van der Waals surface area contributed by atoms with Gasteiger partial charge in [0.1, 0.15) is 10.9 Å². The van der Waals surface area contributed by atoms with Crippen molar-refractivity contribution < 1.29 is 21.6 Å². The van der Waals surface area contributed by atoms with Crippen molar-refractivity contribution >= 4 is 20.9 Å². The lowest BCUT2D eigenvalue weighted by molar-refractivity contribution is -0.182. The molecule has 0 bridgehead atoms. The smallest absolute Gasteiger partial charge is 0.314 e. The maximum Gasteiger partial charge on any atom is 0.405 e. The maximum absolute atomic E-state index is 13.4. The van der Waals surface area contributed by atoms with Gasteiger partial charge >= 0.3 is 6.18 Å². The fourth-order valence-corrected chi connectivity index (χ4v) is 3.93. The molecule has 1 fully saturated rings. The van der Waals surface area contributed by atoms with Gasteiger partial charge in [0.2, 0.25) is 10.0 Å². The molecule has 2 heterocycles. The Morgan fingerprint density at radius 2 is 1.92 bits per heavy atom. The van der Waals surface area contributed by atoms with Crippen LogP contribution in [0.3, 0.4) is 0 Å². The Hall–Kier alpha value is -1.75. The highest BCUT2D eigenvalue weighted by molar-refractivity contribution is 7.89. The summed E-state index contributed by atoms with van der Waals surface area (Å²) in [6.07, 6.45) is -3.38. The number of nitrogens with zero attached hydrogens (tertiary/aromatic N) is 2. The number of aromatic nitrogens is 1. The molecule has 0 spiro atoms. The second-order valence-corrected chi connectivity index (χ2v) is 7.83. The molecule has 142 valence electrons. The molecule has 1 saturated heterocycles. The highest BCUT2D eigenvalue weighted by Crippen LogP contribution is 2.25. The second kappa shape index (κ2) is 7.47. The SMILES string of the molecule is O=S(=O)(NCC(N1CCNCC1)C(F)(F)F)c1cnc2ccccc2c1. The van der Waals surface area contributed by atoms with Crippen LogP contribution in [0.4, 0.5) is 13.2 Å². The van der Waals surface area contributed by atoms with Crippen LogP contribution in [-0.4, -0.2) is 63.2 Å². The monoisotopic (exact) mass is 388 g/mol. The van der Waals surface area contributed by atoms with Crippen LogP contribution >= 0.6 is 0 Å². The van der Waals surface area contributed by atoms with Crippen LogP contribution in [0, 0.1) is 0 Å². The highest BCUT2D eigenvalue weighted by atomic mass is 32.2. The third kappa shape index (κ3) is 4.32. The quantitative estimate of drug-likeness (QED) is 0.809. The Morgan fingerprint density at radius 1 is 1.23 bits per heavy atom. The Kier molecular flexibility index (Phi) is 5.47. The zero-order valence-corrected chi connectivity index (χ0v) is 14.6. The molecule has 0 radical (unpaired) electrons. The average molecular weight is 388 g/mol. The van der Waals surface area contributed by atoms with Crippen molar-refractivity contribution in [2.45, 2.75) is 17.1 Å². The first kappa shape index (κ1) is 19.0. The van der Waals surface area contributed by atoms with Gasteiger partial charge in [-0.15, -0.1) is 0 Å². The topological polar surface area (TPSA) is 74.3 Å². The predicted molar refractivity (Wildman–Crippen MR) is 91.2 cm³/mol. The first-order valence-electron chi connectivity index (χ1n) is 8.13. The molecule has 10 heteroatoms. The number of benzene rings is 1. The van der Waals surface area contributed by atoms with Crippen LogP contribution in [0.5, 0.6) is 0 Å². The number of sulfonamides is 1. The molecule has 2 N–H and O–H groups in total. The van der Waals surface area contributed by atoms with Gasteiger partial charge in [0.05, 0.1) is 5.52 Å². The van der Waals surface area contributed by atoms with E-state index >= 15 is 0 Å². The van der Waals surface area contributed by atoms with Crippen molar-refractivity contribution in [2.75, 3.05) is 32.7 Å². The number of alkyl halides is 3. The number of pyridine rings is 1. The van der Waals surface area contributed by atoms with Crippen molar-refractivity contribution in [1.82, 2.24) is 19.9 Å². The minimum atomic E-state index is -4.53. The van der Waals surface area contributed by atoms with Crippen LogP contribution in [-0.2, 0) is 10.0 Å². The average Bonchev–Trinajstić information content (AvgIpc) is 2.61. The first-order valence-corrected chi connectivity index (χ1v) is 9.62. The van der Waals surface area contributed by atoms with Gasteiger partial charge in [0.15, 0.2) is 0 Å². The summed E-state index contributed by atoms with van der Waals surface area (Å²) in [4.78, 5) is 5.15. The van der Waals surface area contributed by atoms with Crippen molar-refractivity contribution in [2.24, 2.45) is 0 Å². The molecule has 1 atom stereocenters. The number of fused-ring (bicyclic) bond motifs is 1. The Balaban J connectivity index is 1.78. The van der Waals surface area contributed by atoms with E-state index in [9.17, 15) is 21.6 Å². The van der Waals surface area contributed by atoms with Gasteiger partial charge in [-0.1, -0.05) is 18.2 Å². The third-order valence-corrected chi connectivity index (χ3v) is 5.70. The summed E-state index contributed by atoms with van der Waals surface area (Å²) >= 11 is 0. The van der Waals surface area contributed by atoms with Crippen LogP contribution in [0.25, 0.3) is 10.9 Å². The number of hydrogen-bond acceptors (Lipinski definition) is 5. The lowest BCUT2D eigenvalue weighted by Crippen LogP contribution is -2.57. The zero-order chi connectivity index (χ0) is 18.8. The van der Waals surface area contributed by atoms with Crippen LogP contribution in [0.15, 0.2) is 41.4 Å². The van der Waals surface area contributed by atoms with E-state index in [0.717, 1.165) is 6.20 Å². The van der Waals surface area contributed by atoms with E-state index < -0.39 is 28.8 Å². The van der Waals surface area contributed by atoms with Gasteiger partial charge in [-0.25, -0.2) is 13.1 Å². The lowest BCUT2D eigenvalue weighted by atomic mass is 10.2. The van der Waals surface area contributed by atoms with Gasteiger partial charge in [-0.2, -0.15) is 13.2 Å². The summed E-state index contributed by atoms with van der Waals surface area (Å²) in [5.74, 6) is 0. The molecule has 6 nitrogen and oxygen atoms in total. The first-order chi connectivity index (χ1) is 12.3. The van der Waals surface area contributed by atoms with Crippen LogP contribution in [0.1, 0.15) is 0 Å². The predicted octanol–water partition coefficient (Wildman–Crippen LogP) is 1.35. The van der Waals surface area contributed by atoms with E-state index in [2.05, 4.69) is 15.0 Å². The number of nitrogens with one attached hydrogen (secondary N) is 2. The molecule has 0 amide bonds. The molecule has 1 aliphatic heterocycles. The number of piperazine rings is 1. The molecule has 26 heavy (non-hydrogen) atoms. The minimum Gasteiger partial charge on any atom is -0.314 e. The summed E-state index contributed by atoms with van der Waals surface area (Å²) in [5, 5.41) is 3.58. The van der Waals surface area contributed by atoms with E-state index in [1.54, 1.807) is 24.3 Å². The molecule has 3 rings (SSSR count). The molecule has 2 aromatic rings. The molecular weight excluding hydrogens is 369 g/mol. The van der Waals surface area contributed by atoms with E-state index in [1.807, 2.05) is 0 Å². The van der Waals surface area contributed by atoms with E-state index in [4.69, 9.17) is 0 Å². The number of rotatable bonds is 5. The van der Waals surface area contributed by atoms with Gasteiger partial charge < -0.3 is 5.32 Å². The molecule has 1 aromatic heterocycles. The van der Waals surface area contributed by atoms with Crippen molar-refractivity contribution in [3.63, 3.8) is 0 Å². The maximum atomic E-state index is 13.4. The van der Waals surface area contributed by atoms with Gasteiger partial charge in [0.25, 0.3) is 0 Å². The number of halogens is 3. The largest absolute Gasteiger partial charge is 0.405 e. The summed E-state index contributed by atoms with van der Waals surface area (Å²) in [6, 6.07) is 6.45. The van der Waals surface area contributed by atoms with Crippen LogP contribution < -0.4 is 10.0 Å². The molecular formula is C16H19F3N4O2S. The standard InChI is InChI=1S/C16H19F3N4O2S/c17-16(18,19)15(23-7-5-20-6-8-23)11-22-26(24,25)13-9-12-3-1-2-4-14(12)21-10-13/h1-4,9-10,15,20,22H,5-8,11H2. The second-order valence-electron chi connectivity index (χ2n) is 6.06. The summed E-state index contributed by atoms with van der Waals surface area (Å²) in [5.41, 5.74) is 0.612. The number of hydrogen-bond donors (Lipinski definition) is 2. The van der Waals surface area contributed by atoms with Gasteiger partial charge in [-0.3, -0.25) is 9.88 Å². The third-order valence-electron chi connectivity index (χ3n) is 4.31. The molecule has 0 aliphatic carbocycles. The molecule has 1 aromatic carbocycles. The fourth-order valence-electron chi connectivity index (χ4n) is 2.92. The fraction of sp³-hybridized carbons (Fsp3) is 0.438. The number of para-hydroxylation sites is 1. The summed E-state index contributed by atoms with van der Waals surface area (Å²) in [6.45, 7) is 0.563. The van der Waals surface area contributed by atoms with Gasteiger partial charge in [0, 0.05) is 44.3 Å². The molecule has 0 saturated carbocycles.